The molecule has 1 amide bonds. The first kappa shape index (κ1) is 18.9. The molecule has 0 saturated carbocycles. The number of amides is 1. The Balaban J connectivity index is 2.35. The first-order valence-corrected chi connectivity index (χ1v) is 9.74. The number of rotatable bonds is 7. The molecule has 0 aromatic heterocycles. The van der Waals surface area contributed by atoms with Crippen LogP contribution in [0.1, 0.15) is 32.6 Å². The Hall–Kier alpha value is -1.40. The molecule has 1 aromatic rings. The Labute approximate surface area is 142 Å². The molecule has 1 aliphatic rings. The van der Waals surface area contributed by atoms with Gasteiger partial charge in [0, 0.05) is 6.54 Å². The second-order valence-corrected chi connectivity index (χ2v) is 8.03. The Kier molecular flexibility index (Phi) is 6.80. The molecule has 24 heavy (non-hydrogen) atoms. The average Bonchev–Trinajstić information content (AvgIpc) is 2.63. The molecule has 0 radical (unpaired) electrons. The lowest BCUT2D eigenvalue weighted by Gasteiger charge is -2.39. The molecule has 1 fully saturated rings. The lowest BCUT2D eigenvalue weighted by molar-refractivity contribution is -0.133. The largest absolute Gasteiger partial charge is 0.497 e. The molecule has 0 bridgehead atoms. The van der Waals surface area contributed by atoms with Gasteiger partial charge in [-0.3, -0.25) is 14.6 Å². The number of carbonyl (C=O) groups is 1. The average molecular weight is 356 g/mol. The summed E-state index contributed by atoms with van der Waals surface area (Å²) in [5.74, 6) is 0.104. The van der Waals surface area contributed by atoms with Gasteiger partial charge in [0.1, 0.15) is 5.75 Å². The number of hydrogen-bond donors (Lipinski definition) is 2. The fraction of sp³-hybridized carbons (Fsp3) is 0.562. The minimum absolute atomic E-state index is 0.376. The maximum atomic E-state index is 13.6. The van der Waals surface area contributed by atoms with Crippen LogP contribution in [0, 0.1) is 0 Å². The zero-order chi connectivity index (χ0) is 17.6. The molecule has 0 spiro atoms. The quantitative estimate of drug-likeness (QED) is 0.443. The maximum Gasteiger partial charge on any atom is 0.303 e. The van der Waals surface area contributed by atoms with Crippen LogP contribution in [0.15, 0.2) is 24.3 Å². The van der Waals surface area contributed by atoms with Crippen molar-refractivity contribution in [3.63, 3.8) is 0 Å². The van der Waals surface area contributed by atoms with Crippen molar-refractivity contribution < 1.29 is 23.8 Å². The number of unbranched alkanes of at least 4 members (excludes halogenated alkanes) is 1. The third-order valence-corrected chi connectivity index (χ3v) is 6.78. The van der Waals surface area contributed by atoms with E-state index in [9.17, 15) is 9.36 Å². The molecule has 1 aliphatic heterocycles. The SMILES string of the molecule is CCCCC(C(=O)NO)N1CCCOP1(=O)c1ccc(OC)cc1. The van der Waals surface area contributed by atoms with E-state index in [1.54, 1.807) is 41.5 Å². The van der Waals surface area contributed by atoms with Gasteiger partial charge in [-0.05, 0) is 37.1 Å². The zero-order valence-corrected chi connectivity index (χ0v) is 15.0. The molecule has 134 valence electrons. The smallest absolute Gasteiger partial charge is 0.303 e. The molecule has 8 heteroatoms. The molecular weight excluding hydrogens is 331 g/mol. The summed E-state index contributed by atoms with van der Waals surface area (Å²) in [6, 6.07) is 6.15. The van der Waals surface area contributed by atoms with Gasteiger partial charge in [-0.15, -0.1) is 0 Å². The summed E-state index contributed by atoms with van der Waals surface area (Å²) < 4.78 is 26.0. The number of methoxy groups -OCH3 is 1. The summed E-state index contributed by atoms with van der Waals surface area (Å²) in [5.41, 5.74) is 1.70. The lowest BCUT2D eigenvalue weighted by atomic mass is 10.1. The third-order valence-electron chi connectivity index (χ3n) is 4.14. The molecule has 2 atom stereocenters. The highest BCUT2D eigenvalue weighted by Gasteiger charge is 2.43. The fourth-order valence-corrected chi connectivity index (χ4v) is 5.33. The van der Waals surface area contributed by atoms with Crippen molar-refractivity contribution in [2.24, 2.45) is 0 Å². The molecule has 1 heterocycles. The fourth-order valence-electron chi connectivity index (χ4n) is 2.84. The molecule has 2 rings (SSSR count). The van der Waals surface area contributed by atoms with Crippen LogP contribution in [-0.4, -0.2) is 42.1 Å². The van der Waals surface area contributed by atoms with E-state index >= 15 is 0 Å². The Morgan fingerprint density at radius 2 is 2.17 bits per heavy atom. The van der Waals surface area contributed by atoms with Crippen molar-refractivity contribution in [3.05, 3.63) is 24.3 Å². The van der Waals surface area contributed by atoms with Gasteiger partial charge in [0.15, 0.2) is 0 Å². The topological polar surface area (TPSA) is 88.1 Å². The lowest BCUT2D eigenvalue weighted by Crippen LogP contribution is -2.48. The second kappa shape index (κ2) is 8.62. The Morgan fingerprint density at radius 1 is 1.46 bits per heavy atom. The highest BCUT2D eigenvalue weighted by molar-refractivity contribution is 7.64. The first-order valence-electron chi connectivity index (χ1n) is 8.17. The van der Waals surface area contributed by atoms with Crippen LogP contribution >= 0.6 is 7.52 Å². The summed E-state index contributed by atoms with van der Waals surface area (Å²) in [7, 11) is -1.80. The summed E-state index contributed by atoms with van der Waals surface area (Å²) in [6.07, 6.45) is 2.88. The summed E-state index contributed by atoms with van der Waals surface area (Å²) >= 11 is 0. The van der Waals surface area contributed by atoms with E-state index in [0.717, 1.165) is 12.8 Å². The van der Waals surface area contributed by atoms with Crippen LogP contribution in [0.3, 0.4) is 0 Å². The maximum absolute atomic E-state index is 13.6. The van der Waals surface area contributed by atoms with Crippen molar-refractivity contribution in [2.45, 2.75) is 38.6 Å². The summed E-state index contributed by atoms with van der Waals surface area (Å²) in [6.45, 7) is 2.87. The second-order valence-electron chi connectivity index (χ2n) is 5.70. The molecule has 1 saturated heterocycles. The zero-order valence-electron chi connectivity index (χ0n) is 14.1. The van der Waals surface area contributed by atoms with Gasteiger partial charge < -0.3 is 9.26 Å². The number of nitrogens with zero attached hydrogens (tertiary/aromatic N) is 1. The van der Waals surface area contributed by atoms with Crippen LogP contribution in [0.5, 0.6) is 5.75 Å². The Bertz CT molecular complexity index is 593. The number of hydroxylamine groups is 1. The molecule has 1 aromatic carbocycles. The van der Waals surface area contributed by atoms with Crippen LogP contribution in [0.2, 0.25) is 0 Å². The first-order chi connectivity index (χ1) is 11.6. The van der Waals surface area contributed by atoms with Gasteiger partial charge in [-0.1, -0.05) is 19.8 Å². The highest BCUT2D eigenvalue weighted by Crippen LogP contribution is 2.53. The standard InChI is InChI=1S/C16H25N2O5P/c1-3-4-6-15(16(19)17-20)18-11-5-12-23-24(18,21)14-9-7-13(22-2)8-10-14/h7-10,15,20H,3-6,11-12H2,1-2H3,(H,17,19). The predicted molar refractivity (Wildman–Crippen MR) is 90.8 cm³/mol. The minimum atomic E-state index is -3.36. The van der Waals surface area contributed by atoms with Crippen molar-refractivity contribution in [1.29, 1.82) is 0 Å². The van der Waals surface area contributed by atoms with Crippen LogP contribution in [0.4, 0.5) is 0 Å². The minimum Gasteiger partial charge on any atom is -0.497 e. The number of benzene rings is 1. The number of ether oxygens (including phenoxy) is 1. The van der Waals surface area contributed by atoms with Crippen molar-refractivity contribution in [2.75, 3.05) is 20.3 Å². The van der Waals surface area contributed by atoms with Crippen LogP contribution < -0.4 is 15.5 Å². The van der Waals surface area contributed by atoms with Gasteiger partial charge >= 0.3 is 7.52 Å². The molecular formula is C16H25N2O5P. The van der Waals surface area contributed by atoms with Gasteiger partial charge in [0.05, 0.1) is 25.1 Å². The normalized spacial score (nSPS) is 22.8. The van der Waals surface area contributed by atoms with Gasteiger partial charge in [-0.25, -0.2) is 10.2 Å². The van der Waals surface area contributed by atoms with E-state index in [1.165, 1.54) is 0 Å². The van der Waals surface area contributed by atoms with Gasteiger partial charge in [0.25, 0.3) is 5.91 Å². The molecule has 2 unspecified atom stereocenters. The third kappa shape index (κ3) is 3.98. The Morgan fingerprint density at radius 3 is 2.75 bits per heavy atom. The van der Waals surface area contributed by atoms with Gasteiger partial charge in [-0.2, -0.15) is 0 Å². The monoisotopic (exact) mass is 356 g/mol. The predicted octanol–water partition coefficient (Wildman–Crippen LogP) is 2.30. The molecule has 0 aliphatic carbocycles. The van der Waals surface area contributed by atoms with Crippen LogP contribution in [-0.2, 0) is 13.9 Å². The van der Waals surface area contributed by atoms with E-state index in [0.29, 0.717) is 37.0 Å². The molecule has 2 N–H and O–H groups in total. The van der Waals surface area contributed by atoms with E-state index in [2.05, 4.69) is 0 Å². The molecule has 7 nitrogen and oxygen atoms in total. The van der Waals surface area contributed by atoms with Crippen molar-refractivity contribution >= 4 is 18.7 Å². The van der Waals surface area contributed by atoms with Crippen molar-refractivity contribution in [3.8, 4) is 5.75 Å². The van der Waals surface area contributed by atoms with Crippen molar-refractivity contribution in [1.82, 2.24) is 10.2 Å². The number of hydrogen-bond acceptors (Lipinski definition) is 5. The number of nitrogens with one attached hydrogen (secondary N) is 1. The highest BCUT2D eigenvalue weighted by atomic mass is 31.2. The van der Waals surface area contributed by atoms with Crippen LogP contribution in [0.25, 0.3) is 0 Å². The summed E-state index contributed by atoms with van der Waals surface area (Å²) in [5, 5.41) is 9.59. The van der Waals surface area contributed by atoms with Gasteiger partial charge in [0.2, 0.25) is 0 Å². The van der Waals surface area contributed by atoms with E-state index in [-0.39, 0.29) is 0 Å². The number of carbonyl (C=O) groups excluding carboxylic acids is 1. The van der Waals surface area contributed by atoms with E-state index in [1.807, 2.05) is 6.92 Å². The summed E-state index contributed by atoms with van der Waals surface area (Å²) in [4.78, 5) is 12.1. The van der Waals surface area contributed by atoms with E-state index < -0.39 is 19.5 Å². The van der Waals surface area contributed by atoms with E-state index in [4.69, 9.17) is 14.5 Å².